The molecule has 0 spiro atoms. The van der Waals surface area contributed by atoms with E-state index in [9.17, 15) is 9.59 Å². The third kappa shape index (κ3) is 4.20. The maximum atomic E-state index is 12.3. The lowest BCUT2D eigenvalue weighted by Gasteiger charge is -2.06. The summed E-state index contributed by atoms with van der Waals surface area (Å²) in [6, 6.07) is 14.7. The molecule has 0 saturated carbocycles. The van der Waals surface area contributed by atoms with Gasteiger partial charge in [-0.3, -0.25) is 4.79 Å². The first kappa shape index (κ1) is 17.9. The van der Waals surface area contributed by atoms with Gasteiger partial charge in [0.15, 0.2) is 0 Å². The van der Waals surface area contributed by atoms with Gasteiger partial charge in [-0.05, 0) is 48.2 Å². The minimum absolute atomic E-state index is 0.378. The average molecular weight is 350 g/mol. The summed E-state index contributed by atoms with van der Waals surface area (Å²) in [6.45, 7) is 3.54. The van der Waals surface area contributed by atoms with E-state index in [1.54, 1.807) is 24.3 Å². The van der Waals surface area contributed by atoms with Gasteiger partial charge in [-0.15, -0.1) is 0 Å². The molecule has 4 heteroatoms. The second-order valence-electron chi connectivity index (χ2n) is 6.39. The van der Waals surface area contributed by atoms with E-state index in [1.165, 1.54) is 31.7 Å². The molecule has 134 valence electrons. The Morgan fingerprint density at radius 3 is 2.50 bits per heavy atom. The lowest BCUT2D eigenvalue weighted by Crippen LogP contribution is -2.04. The Morgan fingerprint density at radius 1 is 1.04 bits per heavy atom. The minimum Gasteiger partial charge on any atom is -0.427 e. The van der Waals surface area contributed by atoms with Crippen molar-refractivity contribution >= 4 is 16.9 Å². The Kier molecular flexibility index (Phi) is 5.52. The summed E-state index contributed by atoms with van der Waals surface area (Å²) in [7, 11) is 0. The fraction of sp³-hybridized carbons (Fsp3) is 0.273. The molecule has 0 aliphatic rings. The summed E-state index contributed by atoms with van der Waals surface area (Å²) in [4.78, 5) is 23.5. The predicted octanol–water partition coefficient (Wildman–Crippen LogP) is 5.12. The molecule has 0 aliphatic heterocycles. The molecular weight excluding hydrogens is 328 g/mol. The molecule has 0 unspecified atom stereocenters. The highest BCUT2D eigenvalue weighted by Gasteiger charge is 2.09. The highest BCUT2D eigenvalue weighted by Crippen LogP contribution is 2.25. The van der Waals surface area contributed by atoms with E-state index in [2.05, 4.69) is 19.1 Å². The van der Waals surface area contributed by atoms with Gasteiger partial charge in [0.25, 0.3) is 0 Å². The van der Waals surface area contributed by atoms with Crippen molar-refractivity contribution in [2.45, 2.75) is 39.5 Å². The first-order valence-corrected chi connectivity index (χ1v) is 8.92. The Morgan fingerprint density at radius 2 is 1.81 bits per heavy atom. The Labute approximate surface area is 152 Å². The zero-order valence-electron chi connectivity index (χ0n) is 15.1. The first-order chi connectivity index (χ1) is 12.6. The van der Waals surface area contributed by atoms with Crippen molar-refractivity contribution in [2.75, 3.05) is 0 Å². The quantitative estimate of drug-likeness (QED) is 0.268. The van der Waals surface area contributed by atoms with Crippen LogP contribution in [0.4, 0.5) is 0 Å². The van der Waals surface area contributed by atoms with Gasteiger partial charge in [-0.25, -0.2) is 4.79 Å². The van der Waals surface area contributed by atoms with Crippen LogP contribution in [0, 0.1) is 0 Å². The number of rotatable bonds is 6. The van der Waals surface area contributed by atoms with Gasteiger partial charge in [0.05, 0.1) is 5.56 Å². The highest BCUT2D eigenvalue weighted by molar-refractivity contribution is 5.83. The summed E-state index contributed by atoms with van der Waals surface area (Å²) >= 11 is 0. The summed E-state index contributed by atoms with van der Waals surface area (Å²) in [5.41, 5.74) is 2.67. The third-order valence-electron chi connectivity index (χ3n) is 4.30. The number of fused-ring (bicyclic) bond motifs is 1. The molecule has 4 nitrogen and oxygen atoms in total. The van der Waals surface area contributed by atoms with Crippen LogP contribution in [-0.4, -0.2) is 5.97 Å². The third-order valence-corrected chi connectivity index (χ3v) is 4.30. The molecular formula is C22H22O4. The molecule has 1 aromatic heterocycles. The molecule has 0 amide bonds. The minimum atomic E-state index is -0.388. The van der Waals surface area contributed by atoms with Crippen molar-refractivity contribution in [1.29, 1.82) is 0 Å². The molecule has 0 N–H and O–H groups in total. The molecule has 2 aromatic carbocycles. The smallest absolute Gasteiger partial charge is 0.344 e. The van der Waals surface area contributed by atoms with Crippen molar-refractivity contribution in [2.24, 2.45) is 0 Å². The van der Waals surface area contributed by atoms with Gasteiger partial charge < -0.3 is 9.15 Å². The first-order valence-electron chi connectivity index (χ1n) is 8.92. The molecule has 0 bridgehead atoms. The number of aryl methyl sites for hydroxylation is 1. The lowest BCUT2D eigenvalue weighted by molar-refractivity contribution is -0.131. The van der Waals surface area contributed by atoms with Crippen LogP contribution in [-0.2, 0) is 11.2 Å². The molecule has 26 heavy (non-hydrogen) atoms. The van der Waals surface area contributed by atoms with E-state index in [1.807, 2.05) is 12.1 Å². The SMILES string of the molecule is CCCCCc1ccc(-c2cc3cc(OC(C)=O)ccc3oc2=O)cc1. The van der Waals surface area contributed by atoms with E-state index < -0.39 is 0 Å². The maximum Gasteiger partial charge on any atom is 0.344 e. The van der Waals surface area contributed by atoms with Crippen LogP contribution < -0.4 is 10.4 Å². The van der Waals surface area contributed by atoms with Crippen LogP contribution in [0.3, 0.4) is 0 Å². The molecule has 0 fully saturated rings. The standard InChI is InChI=1S/C22H22O4/c1-3-4-5-6-16-7-9-17(10-8-16)20-14-18-13-19(25-15(2)23)11-12-21(18)26-22(20)24/h7-14H,3-6H2,1-2H3. The number of hydrogen-bond donors (Lipinski definition) is 0. The van der Waals surface area contributed by atoms with Crippen molar-refractivity contribution < 1.29 is 13.9 Å². The van der Waals surface area contributed by atoms with Crippen LogP contribution >= 0.6 is 0 Å². The van der Waals surface area contributed by atoms with Crippen molar-refractivity contribution in [3.63, 3.8) is 0 Å². The molecule has 0 saturated heterocycles. The Bertz CT molecular complexity index is 968. The maximum absolute atomic E-state index is 12.3. The fourth-order valence-electron chi connectivity index (χ4n) is 2.96. The topological polar surface area (TPSA) is 56.5 Å². The second kappa shape index (κ2) is 8.00. The summed E-state index contributed by atoms with van der Waals surface area (Å²) in [5.74, 6) is 0.0386. The summed E-state index contributed by atoms with van der Waals surface area (Å²) < 4.78 is 10.5. The number of esters is 1. The van der Waals surface area contributed by atoms with Gasteiger partial charge >= 0.3 is 11.6 Å². The van der Waals surface area contributed by atoms with Gasteiger partial charge in [0.2, 0.25) is 0 Å². The van der Waals surface area contributed by atoms with Crippen LogP contribution in [0.5, 0.6) is 5.75 Å². The van der Waals surface area contributed by atoms with Crippen molar-refractivity contribution in [3.8, 4) is 16.9 Å². The zero-order valence-corrected chi connectivity index (χ0v) is 15.1. The van der Waals surface area contributed by atoms with Crippen LogP contribution in [0.2, 0.25) is 0 Å². The van der Waals surface area contributed by atoms with Crippen LogP contribution in [0.15, 0.2) is 57.7 Å². The van der Waals surface area contributed by atoms with Gasteiger partial charge in [-0.1, -0.05) is 44.0 Å². The predicted molar refractivity (Wildman–Crippen MR) is 102 cm³/mol. The lowest BCUT2D eigenvalue weighted by atomic mass is 10.0. The average Bonchev–Trinajstić information content (AvgIpc) is 2.62. The molecule has 0 atom stereocenters. The molecule has 0 aliphatic carbocycles. The van der Waals surface area contributed by atoms with Gasteiger partial charge in [0, 0.05) is 12.3 Å². The fourth-order valence-corrected chi connectivity index (χ4v) is 2.96. The number of benzene rings is 2. The second-order valence-corrected chi connectivity index (χ2v) is 6.39. The highest BCUT2D eigenvalue weighted by atomic mass is 16.5. The van der Waals surface area contributed by atoms with Crippen molar-refractivity contribution in [3.05, 3.63) is 64.5 Å². The molecule has 1 heterocycles. The number of hydrogen-bond acceptors (Lipinski definition) is 4. The van der Waals surface area contributed by atoms with Crippen molar-refractivity contribution in [1.82, 2.24) is 0 Å². The number of unbranched alkanes of at least 4 members (excludes halogenated alkanes) is 2. The Hall–Kier alpha value is -2.88. The Balaban J connectivity index is 1.92. The van der Waals surface area contributed by atoms with Crippen LogP contribution in [0.1, 0.15) is 38.7 Å². The van der Waals surface area contributed by atoms with E-state index >= 15 is 0 Å². The normalized spacial score (nSPS) is 10.8. The molecule has 3 aromatic rings. The molecule has 0 radical (unpaired) electrons. The van der Waals surface area contributed by atoms with E-state index in [0.29, 0.717) is 22.3 Å². The summed E-state index contributed by atoms with van der Waals surface area (Å²) in [5, 5.41) is 0.713. The number of ether oxygens (including phenoxy) is 1. The van der Waals surface area contributed by atoms with E-state index in [4.69, 9.17) is 9.15 Å². The number of carbonyl (C=O) groups excluding carboxylic acids is 1. The largest absolute Gasteiger partial charge is 0.427 e. The number of carbonyl (C=O) groups is 1. The molecule has 3 rings (SSSR count). The van der Waals surface area contributed by atoms with Gasteiger partial charge in [0.1, 0.15) is 11.3 Å². The van der Waals surface area contributed by atoms with Gasteiger partial charge in [-0.2, -0.15) is 0 Å². The zero-order chi connectivity index (χ0) is 18.5. The monoisotopic (exact) mass is 350 g/mol. The summed E-state index contributed by atoms with van der Waals surface area (Å²) in [6.07, 6.45) is 4.64. The van der Waals surface area contributed by atoms with E-state index in [0.717, 1.165) is 12.0 Å². The van der Waals surface area contributed by atoms with Crippen LogP contribution in [0.25, 0.3) is 22.1 Å². The van der Waals surface area contributed by atoms with E-state index in [-0.39, 0.29) is 11.6 Å².